The highest BCUT2D eigenvalue weighted by molar-refractivity contribution is 7.80. The molecule has 0 aliphatic rings. The Hall–Kier alpha value is -3.19. The lowest BCUT2D eigenvalue weighted by Crippen LogP contribution is -2.34. The van der Waals surface area contributed by atoms with Gasteiger partial charge in [-0.15, -0.1) is 0 Å². The first-order valence-electron chi connectivity index (χ1n) is 9.80. The molecule has 0 saturated carbocycles. The molecule has 3 aromatic rings. The Balaban J connectivity index is 1.57. The summed E-state index contributed by atoms with van der Waals surface area (Å²) in [4.78, 5) is 12.4. The molecule has 0 aliphatic heterocycles. The van der Waals surface area contributed by atoms with Crippen molar-refractivity contribution in [3.8, 4) is 5.75 Å². The lowest BCUT2D eigenvalue weighted by Gasteiger charge is -2.11. The van der Waals surface area contributed by atoms with Gasteiger partial charge in [0.15, 0.2) is 5.11 Å². The number of aryl methyl sites for hydroxylation is 2. The minimum absolute atomic E-state index is 0.251. The molecular formula is C23H26N4O2S. The predicted molar refractivity (Wildman–Crippen MR) is 123 cm³/mol. The van der Waals surface area contributed by atoms with Crippen LogP contribution in [0, 0.1) is 13.8 Å². The van der Waals surface area contributed by atoms with Crippen LogP contribution in [-0.2, 0) is 13.5 Å². The summed E-state index contributed by atoms with van der Waals surface area (Å²) >= 11 is 5.28. The molecule has 1 amide bonds. The number of carbonyl (C=O) groups excluding carboxylic acids is 1. The van der Waals surface area contributed by atoms with Crippen molar-refractivity contribution in [2.24, 2.45) is 7.05 Å². The van der Waals surface area contributed by atoms with Gasteiger partial charge in [0.2, 0.25) is 0 Å². The SMILES string of the molecule is CCOc1ccc(C(=O)NC(=S)Nc2ccc(Cc3c(C)nn(C)c3C)cc2)cc1. The molecule has 0 atom stereocenters. The molecule has 7 heteroatoms. The summed E-state index contributed by atoms with van der Waals surface area (Å²) in [6, 6.07) is 14.9. The van der Waals surface area contributed by atoms with E-state index in [-0.39, 0.29) is 11.0 Å². The average Bonchev–Trinajstić information content (AvgIpc) is 2.96. The van der Waals surface area contributed by atoms with E-state index in [1.165, 1.54) is 16.8 Å². The normalized spacial score (nSPS) is 10.5. The lowest BCUT2D eigenvalue weighted by molar-refractivity contribution is 0.0977. The summed E-state index contributed by atoms with van der Waals surface area (Å²) < 4.78 is 7.30. The molecule has 0 unspecified atom stereocenters. The molecule has 156 valence electrons. The minimum Gasteiger partial charge on any atom is -0.494 e. The molecule has 6 nitrogen and oxygen atoms in total. The molecule has 0 radical (unpaired) electrons. The van der Waals surface area contributed by atoms with Gasteiger partial charge in [-0.25, -0.2) is 0 Å². The molecule has 0 bridgehead atoms. The maximum atomic E-state index is 12.4. The van der Waals surface area contributed by atoms with Gasteiger partial charge in [0.25, 0.3) is 5.91 Å². The molecule has 0 spiro atoms. The molecular weight excluding hydrogens is 396 g/mol. The first kappa shape index (κ1) is 21.5. The van der Waals surface area contributed by atoms with E-state index in [1.54, 1.807) is 24.3 Å². The molecule has 1 aromatic heterocycles. The third-order valence-corrected chi connectivity index (χ3v) is 5.11. The summed E-state index contributed by atoms with van der Waals surface area (Å²) in [5.74, 6) is 0.459. The molecule has 2 N–H and O–H groups in total. The summed E-state index contributed by atoms with van der Waals surface area (Å²) in [6.45, 7) is 6.61. The Labute approximate surface area is 182 Å². The highest BCUT2D eigenvalue weighted by Crippen LogP contribution is 2.19. The van der Waals surface area contributed by atoms with E-state index in [9.17, 15) is 4.79 Å². The van der Waals surface area contributed by atoms with Crippen LogP contribution in [0.25, 0.3) is 0 Å². The number of amides is 1. The zero-order valence-electron chi connectivity index (χ0n) is 17.7. The van der Waals surface area contributed by atoms with E-state index >= 15 is 0 Å². The number of hydrogen-bond donors (Lipinski definition) is 2. The summed E-state index contributed by atoms with van der Waals surface area (Å²) in [5.41, 5.74) is 5.99. The molecule has 1 heterocycles. The standard InChI is InChI=1S/C23H26N4O2S/c1-5-29-20-12-8-18(9-13-20)22(28)25-23(30)24-19-10-6-17(7-11-19)14-21-15(2)26-27(4)16(21)3/h6-13H,5,14H2,1-4H3,(H2,24,25,28,30). The number of nitrogens with zero attached hydrogens (tertiary/aromatic N) is 2. The molecule has 2 aromatic carbocycles. The first-order valence-corrected chi connectivity index (χ1v) is 10.2. The second kappa shape index (κ2) is 9.54. The number of thiocarbonyl (C=S) groups is 1. The van der Waals surface area contributed by atoms with Crippen molar-refractivity contribution >= 4 is 28.9 Å². The number of hydrogen-bond acceptors (Lipinski definition) is 4. The van der Waals surface area contributed by atoms with Gasteiger partial charge < -0.3 is 10.1 Å². The Bertz CT molecular complexity index is 1040. The Morgan fingerprint density at radius 2 is 1.77 bits per heavy atom. The van der Waals surface area contributed by atoms with E-state index in [0.717, 1.165) is 23.6 Å². The number of nitrogens with one attached hydrogen (secondary N) is 2. The van der Waals surface area contributed by atoms with Gasteiger partial charge in [0.1, 0.15) is 5.75 Å². The fourth-order valence-corrected chi connectivity index (χ4v) is 3.40. The zero-order chi connectivity index (χ0) is 21.7. The van der Waals surface area contributed by atoms with E-state index < -0.39 is 0 Å². The van der Waals surface area contributed by atoms with Crippen molar-refractivity contribution in [3.63, 3.8) is 0 Å². The largest absolute Gasteiger partial charge is 0.494 e. The highest BCUT2D eigenvalue weighted by atomic mass is 32.1. The van der Waals surface area contributed by atoms with E-state index in [4.69, 9.17) is 17.0 Å². The van der Waals surface area contributed by atoms with Gasteiger partial charge in [0.05, 0.1) is 12.3 Å². The topological polar surface area (TPSA) is 68.2 Å². The number of ether oxygens (including phenoxy) is 1. The van der Waals surface area contributed by atoms with Gasteiger partial charge in [-0.3, -0.25) is 14.8 Å². The van der Waals surface area contributed by atoms with E-state index in [1.807, 2.05) is 49.8 Å². The van der Waals surface area contributed by atoms with Crippen LogP contribution in [0.4, 0.5) is 5.69 Å². The third kappa shape index (κ3) is 5.24. The van der Waals surface area contributed by atoms with Gasteiger partial charge in [-0.1, -0.05) is 12.1 Å². The predicted octanol–water partition coefficient (Wildman–Crippen LogP) is 4.15. The number of benzene rings is 2. The quantitative estimate of drug-likeness (QED) is 0.584. The second-order valence-electron chi connectivity index (χ2n) is 7.01. The van der Waals surface area contributed by atoms with Crippen molar-refractivity contribution in [1.82, 2.24) is 15.1 Å². The van der Waals surface area contributed by atoms with Gasteiger partial charge >= 0.3 is 0 Å². The van der Waals surface area contributed by atoms with Crippen LogP contribution < -0.4 is 15.4 Å². The lowest BCUT2D eigenvalue weighted by atomic mass is 10.0. The molecule has 0 saturated heterocycles. The first-order chi connectivity index (χ1) is 14.4. The Morgan fingerprint density at radius 3 is 2.33 bits per heavy atom. The smallest absolute Gasteiger partial charge is 0.257 e. The fraction of sp³-hybridized carbons (Fsp3) is 0.261. The maximum Gasteiger partial charge on any atom is 0.257 e. The van der Waals surface area contributed by atoms with Crippen molar-refractivity contribution in [3.05, 3.63) is 76.6 Å². The molecule has 3 rings (SSSR count). The third-order valence-electron chi connectivity index (χ3n) is 4.91. The number of carbonyl (C=O) groups is 1. The van der Waals surface area contributed by atoms with Crippen molar-refractivity contribution in [1.29, 1.82) is 0 Å². The van der Waals surface area contributed by atoms with Crippen molar-refractivity contribution in [2.45, 2.75) is 27.2 Å². The van der Waals surface area contributed by atoms with Crippen LogP contribution in [0.1, 0.15) is 39.8 Å². The summed E-state index contributed by atoms with van der Waals surface area (Å²) in [5, 5.41) is 10.5. The number of rotatable bonds is 6. The van der Waals surface area contributed by atoms with Crippen LogP contribution >= 0.6 is 12.2 Å². The Kier molecular flexibility index (Phi) is 6.84. The van der Waals surface area contributed by atoms with Crippen LogP contribution in [0.2, 0.25) is 0 Å². The molecule has 0 fully saturated rings. The van der Waals surface area contributed by atoms with Gasteiger partial charge in [-0.2, -0.15) is 5.10 Å². The van der Waals surface area contributed by atoms with Crippen LogP contribution in [0.15, 0.2) is 48.5 Å². The number of aromatic nitrogens is 2. The fourth-order valence-electron chi connectivity index (χ4n) is 3.19. The zero-order valence-corrected chi connectivity index (χ0v) is 18.5. The maximum absolute atomic E-state index is 12.4. The van der Waals surface area contributed by atoms with Crippen LogP contribution in [-0.4, -0.2) is 27.4 Å². The molecule has 30 heavy (non-hydrogen) atoms. The second-order valence-corrected chi connectivity index (χ2v) is 7.42. The van der Waals surface area contributed by atoms with Crippen molar-refractivity contribution in [2.75, 3.05) is 11.9 Å². The van der Waals surface area contributed by atoms with E-state index in [0.29, 0.717) is 12.2 Å². The van der Waals surface area contributed by atoms with Crippen LogP contribution in [0.3, 0.4) is 0 Å². The summed E-state index contributed by atoms with van der Waals surface area (Å²) in [7, 11) is 1.96. The van der Waals surface area contributed by atoms with Gasteiger partial charge in [0, 0.05) is 36.0 Å². The monoisotopic (exact) mass is 422 g/mol. The van der Waals surface area contributed by atoms with E-state index in [2.05, 4.69) is 22.7 Å². The highest BCUT2D eigenvalue weighted by Gasteiger charge is 2.11. The van der Waals surface area contributed by atoms with Gasteiger partial charge in [-0.05, 0) is 75.0 Å². The Morgan fingerprint density at radius 1 is 1.10 bits per heavy atom. The average molecular weight is 423 g/mol. The minimum atomic E-state index is -0.269. The van der Waals surface area contributed by atoms with Crippen molar-refractivity contribution < 1.29 is 9.53 Å². The summed E-state index contributed by atoms with van der Waals surface area (Å²) in [6.07, 6.45) is 0.824. The molecule has 0 aliphatic carbocycles. The van der Waals surface area contributed by atoms with Crippen LogP contribution in [0.5, 0.6) is 5.75 Å². The number of anilines is 1.